The van der Waals surface area contributed by atoms with Crippen LogP contribution in [0.5, 0.6) is 5.75 Å². The average molecular weight is 207 g/mol. The van der Waals surface area contributed by atoms with Crippen LogP contribution in [0.3, 0.4) is 0 Å². The van der Waals surface area contributed by atoms with Crippen molar-refractivity contribution in [2.45, 2.75) is 13.3 Å². The van der Waals surface area contributed by atoms with Crippen molar-refractivity contribution in [2.75, 3.05) is 27.7 Å². The van der Waals surface area contributed by atoms with Crippen LogP contribution in [0.4, 0.5) is 0 Å². The Bertz CT molecular complexity index is 296. The second-order valence-corrected chi connectivity index (χ2v) is 4.42. The van der Waals surface area contributed by atoms with Gasteiger partial charge in [0.05, 0.1) is 7.11 Å². The predicted octanol–water partition coefficient (Wildman–Crippen LogP) is 2.44. The molecule has 0 saturated heterocycles. The molecule has 0 aromatic heterocycles. The molecule has 84 valence electrons. The fourth-order valence-electron chi connectivity index (χ4n) is 1.89. The molecule has 0 spiro atoms. The maximum absolute atomic E-state index is 5.21. The molecule has 0 heterocycles. The molecule has 0 aliphatic carbocycles. The summed E-state index contributed by atoms with van der Waals surface area (Å²) in [7, 11) is 5.94. The third kappa shape index (κ3) is 4.34. The zero-order valence-corrected chi connectivity index (χ0v) is 10.2. The Labute approximate surface area is 92.9 Å². The molecule has 1 rings (SSSR count). The molecule has 1 atom stereocenters. The largest absolute Gasteiger partial charge is 0.497 e. The van der Waals surface area contributed by atoms with Crippen LogP contribution in [-0.2, 0) is 6.42 Å². The Kier molecular flexibility index (Phi) is 4.63. The standard InChI is InChI=1S/C13H21NO/c1-11(10-14(2)3)8-12-6-5-7-13(9-12)15-4/h5-7,9,11H,8,10H2,1-4H3/t11-/m1/s1. The zero-order chi connectivity index (χ0) is 11.3. The SMILES string of the molecule is COc1cccc(C[C@@H](C)CN(C)C)c1. The van der Waals surface area contributed by atoms with E-state index >= 15 is 0 Å². The molecule has 1 aromatic rings. The minimum Gasteiger partial charge on any atom is -0.497 e. The topological polar surface area (TPSA) is 12.5 Å². The number of nitrogens with zero attached hydrogens (tertiary/aromatic N) is 1. The highest BCUT2D eigenvalue weighted by Gasteiger charge is 2.05. The zero-order valence-electron chi connectivity index (χ0n) is 10.2. The quantitative estimate of drug-likeness (QED) is 0.735. The highest BCUT2D eigenvalue weighted by molar-refractivity contribution is 5.28. The predicted molar refractivity (Wildman–Crippen MR) is 64.4 cm³/mol. The molecule has 0 radical (unpaired) electrons. The summed E-state index contributed by atoms with van der Waals surface area (Å²) in [5, 5.41) is 0. The maximum atomic E-state index is 5.21. The van der Waals surface area contributed by atoms with Crippen molar-refractivity contribution in [3.05, 3.63) is 29.8 Å². The first-order chi connectivity index (χ1) is 7.11. The van der Waals surface area contributed by atoms with Crippen molar-refractivity contribution in [1.82, 2.24) is 4.90 Å². The number of hydrogen-bond acceptors (Lipinski definition) is 2. The van der Waals surface area contributed by atoms with E-state index in [2.05, 4.69) is 44.1 Å². The third-order valence-corrected chi connectivity index (χ3v) is 2.40. The highest BCUT2D eigenvalue weighted by Crippen LogP contribution is 2.16. The molecular weight excluding hydrogens is 186 g/mol. The van der Waals surface area contributed by atoms with Gasteiger partial charge in [0.1, 0.15) is 5.75 Å². The van der Waals surface area contributed by atoms with Gasteiger partial charge in [-0.25, -0.2) is 0 Å². The Morgan fingerprint density at radius 1 is 1.33 bits per heavy atom. The summed E-state index contributed by atoms with van der Waals surface area (Å²) >= 11 is 0. The molecular formula is C13H21NO. The monoisotopic (exact) mass is 207 g/mol. The molecule has 2 nitrogen and oxygen atoms in total. The number of benzene rings is 1. The van der Waals surface area contributed by atoms with Crippen LogP contribution in [0, 0.1) is 5.92 Å². The van der Waals surface area contributed by atoms with E-state index in [-0.39, 0.29) is 0 Å². The minimum absolute atomic E-state index is 0.673. The summed E-state index contributed by atoms with van der Waals surface area (Å²) in [6.45, 7) is 3.40. The fraction of sp³-hybridized carbons (Fsp3) is 0.538. The number of methoxy groups -OCH3 is 1. The van der Waals surface area contributed by atoms with E-state index in [0.29, 0.717) is 5.92 Å². The van der Waals surface area contributed by atoms with E-state index in [1.807, 2.05) is 6.07 Å². The lowest BCUT2D eigenvalue weighted by Gasteiger charge is -2.17. The Balaban J connectivity index is 2.55. The number of hydrogen-bond donors (Lipinski definition) is 0. The first kappa shape index (κ1) is 12.1. The second-order valence-electron chi connectivity index (χ2n) is 4.42. The molecule has 0 aliphatic heterocycles. The van der Waals surface area contributed by atoms with Gasteiger partial charge in [0.15, 0.2) is 0 Å². The van der Waals surface area contributed by atoms with Gasteiger partial charge in [-0.05, 0) is 44.1 Å². The van der Waals surface area contributed by atoms with Crippen LogP contribution in [-0.4, -0.2) is 32.6 Å². The highest BCUT2D eigenvalue weighted by atomic mass is 16.5. The van der Waals surface area contributed by atoms with Crippen molar-refractivity contribution in [1.29, 1.82) is 0 Å². The maximum Gasteiger partial charge on any atom is 0.119 e. The molecule has 0 fully saturated rings. The van der Waals surface area contributed by atoms with Gasteiger partial charge >= 0.3 is 0 Å². The summed E-state index contributed by atoms with van der Waals surface area (Å²) in [5.41, 5.74) is 1.35. The fourth-order valence-corrected chi connectivity index (χ4v) is 1.89. The number of rotatable bonds is 5. The van der Waals surface area contributed by atoms with E-state index in [1.165, 1.54) is 5.56 Å². The van der Waals surface area contributed by atoms with Gasteiger partial charge in [-0.15, -0.1) is 0 Å². The molecule has 0 aliphatic rings. The minimum atomic E-state index is 0.673. The smallest absolute Gasteiger partial charge is 0.119 e. The lowest BCUT2D eigenvalue weighted by Crippen LogP contribution is -2.21. The van der Waals surface area contributed by atoms with Crippen LogP contribution >= 0.6 is 0 Å². The number of ether oxygens (including phenoxy) is 1. The molecule has 0 saturated carbocycles. The van der Waals surface area contributed by atoms with Gasteiger partial charge < -0.3 is 9.64 Å². The van der Waals surface area contributed by atoms with E-state index < -0.39 is 0 Å². The van der Waals surface area contributed by atoms with Gasteiger partial charge in [0.25, 0.3) is 0 Å². The lowest BCUT2D eigenvalue weighted by atomic mass is 10.0. The molecule has 2 heteroatoms. The van der Waals surface area contributed by atoms with E-state index in [4.69, 9.17) is 4.74 Å². The first-order valence-corrected chi connectivity index (χ1v) is 5.39. The third-order valence-electron chi connectivity index (χ3n) is 2.40. The van der Waals surface area contributed by atoms with E-state index in [9.17, 15) is 0 Å². The second kappa shape index (κ2) is 5.76. The van der Waals surface area contributed by atoms with E-state index in [1.54, 1.807) is 7.11 Å². The van der Waals surface area contributed by atoms with E-state index in [0.717, 1.165) is 18.7 Å². The van der Waals surface area contributed by atoms with Crippen LogP contribution < -0.4 is 4.74 Å². The summed E-state index contributed by atoms with van der Waals surface area (Å²) < 4.78 is 5.21. The average Bonchev–Trinajstić information content (AvgIpc) is 2.16. The van der Waals surface area contributed by atoms with Crippen LogP contribution in [0.2, 0.25) is 0 Å². The Morgan fingerprint density at radius 3 is 2.67 bits per heavy atom. The molecule has 0 unspecified atom stereocenters. The van der Waals surface area contributed by atoms with Crippen molar-refractivity contribution in [3.8, 4) is 5.75 Å². The summed E-state index contributed by atoms with van der Waals surface area (Å²) in [4.78, 5) is 2.23. The van der Waals surface area contributed by atoms with Gasteiger partial charge in [-0.2, -0.15) is 0 Å². The molecule has 0 N–H and O–H groups in total. The van der Waals surface area contributed by atoms with Crippen molar-refractivity contribution in [3.63, 3.8) is 0 Å². The van der Waals surface area contributed by atoms with Crippen molar-refractivity contribution >= 4 is 0 Å². The van der Waals surface area contributed by atoms with Crippen molar-refractivity contribution < 1.29 is 4.74 Å². The Hall–Kier alpha value is -1.02. The summed E-state index contributed by atoms with van der Waals surface area (Å²) in [6, 6.07) is 8.32. The summed E-state index contributed by atoms with van der Waals surface area (Å²) in [6.07, 6.45) is 1.11. The van der Waals surface area contributed by atoms with Gasteiger partial charge in [-0.1, -0.05) is 19.1 Å². The normalized spacial score (nSPS) is 12.9. The van der Waals surface area contributed by atoms with Crippen molar-refractivity contribution in [2.24, 2.45) is 5.92 Å². The van der Waals surface area contributed by atoms with Gasteiger partial charge in [0, 0.05) is 6.54 Å². The summed E-state index contributed by atoms with van der Waals surface area (Å²) in [5.74, 6) is 1.62. The molecule has 1 aromatic carbocycles. The molecule has 0 bridgehead atoms. The Morgan fingerprint density at radius 2 is 2.07 bits per heavy atom. The van der Waals surface area contributed by atoms with Crippen LogP contribution in [0.15, 0.2) is 24.3 Å². The molecule has 15 heavy (non-hydrogen) atoms. The lowest BCUT2D eigenvalue weighted by molar-refractivity contribution is 0.338. The molecule has 0 amide bonds. The van der Waals surface area contributed by atoms with Crippen LogP contribution in [0.25, 0.3) is 0 Å². The van der Waals surface area contributed by atoms with Gasteiger partial charge in [0.2, 0.25) is 0 Å². The first-order valence-electron chi connectivity index (χ1n) is 5.39. The van der Waals surface area contributed by atoms with Crippen LogP contribution in [0.1, 0.15) is 12.5 Å². The van der Waals surface area contributed by atoms with Gasteiger partial charge in [-0.3, -0.25) is 0 Å².